The number of imide groups is 1. The number of rotatable bonds is 7. The molecule has 2 heterocycles. The number of carbonyl (C=O) groups excluding carboxylic acids is 2. The van der Waals surface area contributed by atoms with Gasteiger partial charge >= 0.3 is 0 Å². The Bertz CT molecular complexity index is 677. The summed E-state index contributed by atoms with van der Waals surface area (Å²) >= 11 is 1.43. The minimum atomic E-state index is -0.222. The molecule has 1 aromatic rings. The predicted octanol–water partition coefficient (Wildman–Crippen LogP) is 3.10. The van der Waals surface area contributed by atoms with E-state index in [4.69, 9.17) is 9.47 Å². The molecule has 25 heavy (non-hydrogen) atoms. The van der Waals surface area contributed by atoms with Crippen molar-refractivity contribution in [1.29, 1.82) is 0 Å². The molecule has 1 saturated heterocycles. The predicted molar refractivity (Wildman–Crippen MR) is 98.4 cm³/mol. The SMILES string of the molecule is CCOc1ccc(C2=C(SCC)C(=O)N(CC3CCCO3)C2=O)cc1. The summed E-state index contributed by atoms with van der Waals surface area (Å²) in [7, 11) is 0. The standard InChI is InChI=1S/C19H23NO4S/c1-3-23-14-9-7-13(8-10-14)16-17(25-4-2)19(22)20(18(16)21)12-15-6-5-11-24-15/h7-10,15H,3-6,11-12H2,1-2H3. The molecular formula is C19H23NO4S. The van der Waals surface area contributed by atoms with Crippen LogP contribution in [-0.4, -0.2) is 48.3 Å². The second-order valence-corrected chi connectivity index (χ2v) is 7.22. The van der Waals surface area contributed by atoms with Gasteiger partial charge in [0.15, 0.2) is 0 Å². The number of nitrogens with zero attached hydrogens (tertiary/aromatic N) is 1. The van der Waals surface area contributed by atoms with Crippen molar-refractivity contribution in [2.75, 3.05) is 25.5 Å². The van der Waals surface area contributed by atoms with Crippen molar-refractivity contribution in [3.05, 3.63) is 34.7 Å². The van der Waals surface area contributed by atoms with Gasteiger partial charge in [-0.3, -0.25) is 14.5 Å². The maximum atomic E-state index is 12.9. The number of carbonyl (C=O) groups is 2. The third-order valence-electron chi connectivity index (χ3n) is 4.28. The second-order valence-electron chi connectivity index (χ2n) is 5.95. The van der Waals surface area contributed by atoms with Crippen molar-refractivity contribution in [3.8, 4) is 5.75 Å². The van der Waals surface area contributed by atoms with E-state index in [1.165, 1.54) is 16.7 Å². The first kappa shape index (κ1) is 18.0. The van der Waals surface area contributed by atoms with Gasteiger partial charge in [0.2, 0.25) is 0 Å². The van der Waals surface area contributed by atoms with Gasteiger partial charge in [-0.15, -0.1) is 11.8 Å². The van der Waals surface area contributed by atoms with Crippen LogP contribution in [0.3, 0.4) is 0 Å². The summed E-state index contributed by atoms with van der Waals surface area (Å²) in [6, 6.07) is 7.36. The van der Waals surface area contributed by atoms with Gasteiger partial charge in [0.25, 0.3) is 11.8 Å². The molecular weight excluding hydrogens is 338 g/mol. The molecule has 0 spiro atoms. The quantitative estimate of drug-likeness (QED) is 0.699. The van der Waals surface area contributed by atoms with E-state index in [2.05, 4.69) is 0 Å². The summed E-state index contributed by atoms with van der Waals surface area (Å²) in [6.07, 6.45) is 1.84. The van der Waals surface area contributed by atoms with Gasteiger partial charge in [-0.1, -0.05) is 19.1 Å². The van der Waals surface area contributed by atoms with E-state index in [1.54, 1.807) is 0 Å². The van der Waals surface area contributed by atoms with Crippen molar-refractivity contribution in [1.82, 2.24) is 4.90 Å². The molecule has 1 atom stereocenters. The largest absolute Gasteiger partial charge is 0.494 e. The molecule has 6 heteroatoms. The Hall–Kier alpha value is -1.79. The number of hydrogen-bond donors (Lipinski definition) is 0. The third-order valence-corrected chi connectivity index (χ3v) is 5.23. The number of benzene rings is 1. The smallest absolute Gasteiger partial charge is 0.268 e. The summed E-state index contributed by atoms with van der Waals surface area (Å²) in [5.74, 6) is 1.07. The highest BCUT2D eigenvalue weighted by Gasteiger charge is 2.40. The van der Waals surface area contributed by atoms with E-state index in [0.717, 1.165) is 29.9 Å². The summed E-state index contributed by atoms with van der Waals surface area (Å²) < 4.78 is 11.1. The Balaban J connectivity index is 1.87. The number of thioether (sulfide) groups is 1. The van der Waals surface area contributed by atoms with Crippen LogP contribution < -0.4 is 4.74 Å². The summed E-state index contributed by atoms with van der Waals surface area (Å²) in [5.41, 5.74) is 1.26. The summed E-state index contributed by atoms with van der Waals surface area (Å²) in [5, 5.41) is 0. The van der Waals surface area contributed by atoms with Crippen LogP contribution in [0.1, 0.15) is 32.3 Å². The van der Waals surface area contributed by atoms with Crippen molar-refractivity contribution in [3.63, 3.8) is 0 Å². The van der Waals surface area contributed by atoms with Crippen LogP contribution in [0.4, 0.5) is 0 Å². The Labute approximate surface area is 152 Å². The lowest BCUT2D eigenvalue weighted by Gasteiger charge is -2.19. The monoisotopic (exact) mass is 361 g/mol. The number of amides is 2. The van der Waals surface area contributed by atoms with Gasteiger partial charge in [0, 0.05) is 6.61 Å². The molecule has 0 aromatic heterocycles. The van der Waals surface area contributed by atoms with Gasteiger partial charge in [0.05, 0.1) is 29.7 Å². The van der Waals surface area contributed by atoms with Crippen molar-refractivity contribution >= 4 is 29.1 Å². The van der Waals surface area contributed by atoms with E-state index in [1.807, 2.05) is 38.1 Å². The maximum Gasteiger partial charge on any atom is 0.268 e. The molecule has 1 fully saturated rings. The molecule has 0 aliphatic carbocycles. The zero-order valence-corrected chi connectivity index (χ0v) is 15.4. The van der Waals surface area contributed by atoms with Crippen molar-refractivity contribution in [2.24, 2.45) is 0 Å². The fourth-order valence-electron chi connectivity index (χ4n) is 3.13. The molecule has 5 nitrogen and oxygen atoms in total. The highest BCUT2D eigenvalue weighted by Crippen LogP contribution is 2.37. The van der Waals surface area contributed by atoms with E-state index in [-0.39, 0.29) is 17.9 Å². The minimum Gasteiger partial charge on any atom is -0.494 e. The summed E-state index contributed by atoms with van der Waals surface area (Å²) in [4.78, 5) is 27.6. The van der Waals surface area contributed by atoms with Gasteiger partial charge in [-0.05, 0) is 43.2 Å². The van der Waals surface area contributed by atoms with Crippen molar-refractivity contribution in [2.45, 2.75) is 32.8 Å². The Kier molecular flexibility index (Phi) is 5.81. The normalized spacial score (nSPS) is 20.7. The van der Waals surface area contributed by atoms with Crippen LogP contribution in [-0.2, 0) is 14.3 Å². The van der Waals surface area contributed by atoms with E-state index in [9.17, 15) is 9.59 Å². The first-order chi connectivity index (χ1) is 12.2. The second kappa shape index (κ2) is 8.06. The Morgan fingerprint density at radius 2 is 1.96 bits per heavy atom. The highest BCUT2D eigenvalue weighted by atomic mass is 32.2. The van der Waals surface area contributed by atoms with Gasteiger partial charge in [0.1, 0.15) is 5.75 Å². The van der Waals surface area contributed by atoms with Crippen LogP contribution in [0.2, 0.25) is 0 Å². The first-order valence-corrected chi connectivity index (χ1v) is 9.72. The lowest BCUT2D eigenvalue weighted by Crippen LogP contribution is -2.37. The molecule has 0 bridgehead atoms. The maximum absolute atomic E-state index is 12.9. The average Bonchev–Trinajstić information content (AvgIpc) is 3.20. The van der Waals surface area contributed by atoms with Gasteiger partial charge in [-0.2, -0.15) is 0 Å². The molecule has 2 aliphatic heterocycles. The fourth-order valence-corrected chi connectivity index (χ4v) is 4.00. The molecule has 3 rings (SSSR count). The van der Waals surface area contributed by atoms with E-state index < -0.39 is 0 Å². The molecule has 1 aromatic carbocycles. The van der Waals surface area contributed by atoms with Crippen LogP contribution in [0, 0.1) is 0 Å². The third kappa shape index (κ3) is 3.75. The highest BCUT2D eigenvalue weighted by molar-refractivity contribution is 8.04. The number of hydrogen-bond acceptors (Lipinski definition) is 5. The molecule has 2 amide bonds. The minimum absolute atomic E-state index is 0.0412. The zero-order valence-electron chi connectivity index (χ0n) is 14.6. The summed E-state index contributed by atoms with van der Waals surface area (Å²) in [6.45, 7) is 5.54. The fraction of sp³-hybridized carbons (Fsp3) is 0.474. The molecule has 0 radical (unpaired) electrons. The Morgan fingerprint density at radius 1 is 1.20 bits per heavy atom. The molecule has 0 saturated carbocycles. The first-order valence-electron chi connectivity index (χ1n) is 8.73. The molecule has 1 unspecified atom stereocenters. The van der Waals surface area contributed by atoms with E-state index in [0.29, 0.717) is 30.2 Å². The lowest BCUT2D eigenvalue weighted by molar-refractivity contribution is -0.138. The zero-order chi connectivity index (χ0) is 17.8. The van der Waals surface area contributed by atoms with Crippen LogP contribution in [0.15, 0.2) is 29.2 Å². The number of ether oxygens (including phenoxy) is 2. The Morgan fingerprint density at radius 3 is 2.56 bits per heavy atom. The van der Waals surface area contributed by atoms with Gasteiger partial charge in [-0.25, -0.2) is 0 Å². The topological polar surface area (TPSA) is 55.8 Å². The van der Waals surface area contributed by atoms with E-state index >= 15 is 0 Å². The average molecular weight is 361 g/mol. The van der Waals surface area contributed by atoms with Crippen LogP contribution >= 0.6 is 11.8 Å². The van der Waals surface area contributed by atoms with Crippen molar-refractivity contribution < 1.29 is 19.1 Å². The molecule has 0 N–H and O–H groups in total. The molecule has 134 valence electrons. The van der Waals surface area contributed by atoms with Crippen LogP contribution in [0.5, 0.6) is 5.75 Å². The van der Waals surface area contributed by atoms with Gasteiger partial charge < -0.3 is 9.47 Å². The lowest BCUT2D eigenvalue weighted by atomic mass is 10.1. The molecule has 2 aliphatic rings. The van der Waals surface area contributed by atoms with Crippen LogP contribution in [0.25, 0.3) is 5.57 Å².